The summed E-state index contributed by atoms with van der Waals surface area (Å²) in [6.45, 7) is 6.69. The molecule has 4 nitrogen and oxygen atoms in total. The summed E-state index contributed by atoms with van der Waals surface area (Å²) >= 11 is 0. The van der Waals surface area contributed by atoms with Crippen LogP contribution in [0.4, 0.5) is 4.39 Å². The Morgan fingerprint density at radius 1 is 1.38 bits per heavy atom. The lowest BCUT2D eigenvalue weighted by molar-refractivity contribution is -0.136. The Hall–Kier alpha value is -1.62. The van der Waals surface area contributed by atoms with E-state index in [1.54, 1.807) is 26.2 Å². The number of hydrogen-bond donors (Lipinski definition) is 1. The number of amides is 1. The molecule has 1 heterocycles. The fourth-order valence-corrected chi connectivity index (χ4v) is 6.25. The molecule has 3 fully saturated rings. The maximum absolute atomic E-state index is 14.7. The molecule has 0 aromatic heterocycles. The summed E-state index contributed by atoms with van der Waals surface area (Å²) in [4.78, 5) is 11.9. The molecule has 0 radical (unpaired) electrons. The van der Waals surface area contributed by atoms with Crippen molar-refractivity contribution >= 4 is 5.91 Å². The summed E-state index contributed by atoms with van der Waals surface area (Å²) in [7, 11) is 1.57. The lowest BCUT2D eigenvalue weighted by atomic mass is 9.58. The van der Waals surface area contributed by atoms with Gasteiger partial charge in [-0.25, -0.2) is 4.39 Å². The SMILES string of the molecule is COc1cccc(F)c1[C@H]1OCC[C@@]23C[C@@H](C[C@H]12)C(C)(C)[C@@H]3NC(C)=O. The van der Waals surface area contributed by atoms with Crippen molar-refractivity contribution < 1.29 is 18.7 Å². The second kappa shape index (κ2) is 5.95. The van der Waals surface area contributed by atoms with Crippen molar-refractivity contribution in [1.29, 1.82) is 0 Å². The smallest absolute Gasteiger partial charge is 0.217 e. The quantitative estimate of drug-likeness (QED) is 0.889. The maximum Gasteiger partial charge on any atom is 0.217 e. The molecular weight excluding hydrogens is 333 g/mol. The zero-order valence-electron chi connectivity index (χ0n) is 16.0. The van der Waals surface area contributed by atoms with Gasteiger partial charge in [-0.3, -0.25) is 4.79 Å². The number of hydrogen-bond acceptors (Lipinski definition) is 3. The first kappa shape index (κ1) is 17.8. The lowest BCUT2D eigenvalue weighted by Gasteiger charge is -2.53. The summed E-state index contributed by atoms with van der Waals surface area (Å²) in [6, 6.07) is 5.04. The van der Waals surface area contributed by atoms with Gasteiger partial charge in [0.25, 0.3) is 0 Å². The molecule has 1 N–H and O–H groups in total. The largest absolute Gasteiger partial charge is 0.496 e. The van der Waals surface area contributed by atoms with Gasteiger partial charge in [0.1, 0.15) is 11.6 Å². The minimum atomic E-state index is -0.322. The predicted molar refractivity (Wildman–Crippen MR) is 96.3 cm³/mol. The molecule has 2 saturated carbocycles. The summed E-state index contributed by atoms with van der Waals surface area (Å²) in [5.74, 6) is 0.980. The Bertz CT molecular complexity index is 734. The summed E-state index contributed by atoms with van der Waals surface area (Å²) < 4.78 is 26.3. The molecular formula is C21H28FNO3. The summed E-state index contributed by atoms with van der Waals surface area (Å²) in [5, 5.41) is 3.25. The van der Waals surface area contributed by atoms with Crippen LogP contribution in [0.3, 0.4) is 0 Å². The second-order valence-electron chi connectivity index (χ2n) is 8.83. The number of fused-ring (bicyclic) bond motifs is 1. The first-order valence-electron chi connectivity index (χ1n) is 9.52. The molecule has 5 heteroatoms. The van der Waals surface area contributed by atoms with E-state index in [4.69, 9.17) is 9.47 Å². The molecule has 2 aliphatic carbocycles. The van der Waals surface area contributed by atoms with Crippen molar-refractivity contribution in [3.05, 3.63) is 29.6 Å². The Morgan fingerprint density at radius 2 is 2.15 bits per heavy atom. The normalized spacial score (nSPS) is 37.3. The van der Waals surface area contributed by atoms with E-state index in [0.717, 1.165) is 19.3 Å². The number of methoxy groups -OCH3 is 1. The van der Waals surface area contributed by atoms with Crippen molar-refractivity contribution in [1.82, 2.24) is 5.32 Å². The molecule has 0 unspecified atom stereocenters. The van der Waals surface area contributed by atoms with Gasteiger partial charge in [-0.2, -0.15) is 0 Å². The van der Waals surface area contributed by atoms with Crippen LogP contribution in [0.1, 0.15) is 51.7 Å². The van der Waals surface area contributed by atoms with E-state index in [2.05, 4.69) is 19.2 Å². The van der Waals surface area contributed by atoms with Crippen LogP contribution in [0, 0.1) is 28.5 Å². The highest BCUT2D eigenvalue weighted by Gasteiger charge is 2.68. The minimum Gasteiger partial charge on any atom is -0.496 e. The fourth-order valence-electron chi connectivity index (χ4n) is 6.25. The zero-order chi connectivity index (χ0) is 18.7. The van der Waals surface area contributed by atoms with Gasteiger partial charge in [0.2, 0.25) is 5.91 Å². The van der Waals surface area contributed by atoms with Crippen LogP contribution in [-0.2, 0) is 9.53 Å². The first-order chi connectivity index (χ1) is 12.3. The van der Waals surface area contributed by atoms with Gasteiger partial charge >= 0.3 is 0 Å². The molecule has 2 bridgehead atoms. The van der Waals surface area contributed by atoms with E-state index in [1.807, 2.05) is 0 Å². The number of carbonyl (C=O) groups excluding carboxylic acids is 1. The van der Waals surface area contributed by atoms with Crippen LogP contribution in [-0.4, -0.2) is 25.7 Å². The Kier molecular flexibility index (Phi) is 4.07. The van der Waals surface area contributed by atoms with Crippen LogP contribution < -0.4 is 10.1 Å². The van der Waals surface area contributed by atoms with Crippen LogP contribution >= 0.6 is 0 Å². The van der Waals surface area contributed by atoms with Gasteiger partial charge in [0, 0.05) is 19.6 Å². The van der Waals surface area contributed by atoms with Gasteiger partial charge < -0.3 is 14.8 Å². The van der Waals surface area contributed by atoms with Crippen molar-refractivity contribution in [2.24, 2.45) is 22.7 Å². The standard InChI is InChI=1S/C21H28FNO3/c1-12(24)23-19-20(2,3)13-10-14-18(26-9-8-21(14,19)11-13)17-15(22)6-5-7-16(17)25-4/h5-7,13-14,18-19H,8-11H2,1-4H3,(H,23,24)/t13-,14-,18+,19+,21-/m1/s1. The monoisotopic (exact) mass is 361 g/mol. The van der Waals surface area contributed by atoms with Crippen molar-refractivity contribution in [2.45, 2.75) is 52.2 Å². The third-order valence-electron chi connectivity index (χ3n) is 7.37. The molecule has 142 valence electrons. The number of carbonyl (C=O) groups is 1. The number of rotatable bonds is 3. The van der Waals surface area contributed by atoms with E-state index in [1.165, 1.54) is 6.07 Å². The predicted octanol–water partition coefficient (Wildman–Crippen LogP) is 3.85. The molecule has 1 saturated heterocycles. The average molecular weight is 361 g/mol. The molecule has 5 atom stereocenters. The highest BCUT2D eigenvalue weighted by molar-refractivity contribution is 5.73. The highest BCUT2D eigenvalue weighted by atomic mass is 19.1. The van der Waals surface area contributed by atoms with Crippen LogP contribution in [0.25, 0.3) is 0 Å². The topological polar surface area (TPSA) is 47.6 Å². The Morgan fingerprint density at radius 3 is 2.85 bits per heavy atom. The van der Waals surface area contributed by atoms with Gasteiger partial charge in [0.05, 0.1) is 18.8 Å². The van der Waals surface area contributed by atoms with Crippen LogP contribution in [0.5, 0.6) is 5.75 Å². The number of ether oxygens (including phenoxy) is 2. The van der Waals surface area contributed by atoms with Gasteiger partial charge in [0.15, 0.2) is 0 Å². The molecule has 26 heavy (non-hydrogen) atoms. The molecule has 1 amide bonds. The van der Waals surface area contributed by atoms with E-state index in [9.17, 15) is 9.18 Å². The molecule has 1 aromatic carbocycles. The lowest BCUT2D eigenvalue weighted by Crippen LogP contribution is -2.58. The highest BCUT2D eigenvalue weighted by Crippen LogP contribution is 2.70. The van der Waals surface area contributed by atoms with E-state index in [-0.39, 0.29) is 40.6 Å². The van der Waals surface area contributed by atoms with E-state index < -0.39 is 0 Å². The summed E-state index contributed by atoms with van der Waals surface area (Å²) in [6.07, 6.45) is 2.67. The number of benzene rings is 1. The average Bonchev–Trinajstić information content (AvgIpc) is 3.07. The van der Waals surface area contributed by atoms with Crippen molar-refractivity contribution in [2.75, 3.05) is 13.7 Å². The van der Waals surface area contributed by atoms with Gasteiger partial charge in [-0.1, -0.05) is 19.9 Å². The van der Waals surface area contributed by atoms with Gasteiger partial charge in [-0.05, 0) is 54.1 Å². The fraction of sp³-hybridized carbons (Fsp3) is 0.667. The van der Waals surface area contributed by atoms with Crippen LogP contribution in [0.15, 0.2) is 18.2 Å². The van der Waals surface area contributed by atoms with Crippen molar-refractivity contribution in [3.63, 3.8) is 0 Å². The Balaban J connectivity index is 1.77. The second-order valence-corrected chi connectivity index (χ2v) is 8.83. The molecule has 1 spiro atoms. The molecule has 1 aliphatic heterocycles. The maximum atomic E-state index is 14.7. The Labute approximate surface area is 154 Å². The first-order valence-corrected chi connectivity index (χ1v) is 9.52. The number of nitrogens with one attached hydrogen (secondary N) is 1. The van der Waals surface area contributed by atoms with Gasteiger partial charge in [-0.15, -0.1) is 0 Å². The van der Waals surface area contributed by atoms with Crippen LogP contribution in [0.2, 0.25) is 0 Å². The van der Waals surface area contributed by atoms with Crippen molar-refractivity contribution in [3.8, 4) is 5.75 Å². The molecule has 3 aliphatic rings. The molecule has 4 rings (SSSR count). The summed E-state index contributed by atoms with van der Waals surface area (Å²) in [5.41, 5.74) is 0.547. The third kappa shape index (κ3) is 2.32. The number of halogens is 1. The third-order valence-corrected chi connectivity index (χ3v) is 7.37. The van der Waals surface area contributed by atoms with E-state index >= 15 is 0 Å². The minimum absolute atomic E-state index is 0.00950. The van der Waals surface area contributed by atoms with E-state index in [0.29, 0.717) is 23.8 Å². The molecule has 1 aromatic rings. The zero-order valence-corrected chi connectivity index (χ0v) is 16.0.